The number of piperazine rings is 1. The summed E-state index contributed by atoms with van der Waals surface area (Å²) in [6.07, 6.45) is 5.06. The van der Waals surface area contributed by atoms with Crippen LogP contribution in [0, 0.1) is 11.3 Å². The molecular weight excluding hydrogens is 214 g/mol. The molecule has 0 spiro atoms. The quantitative estimate of drug-likeness (QED) is 0.726. The molecule has 0 bridgehead atoms. The van der Waals surface area contributed by atoms with Gasteiger partial charge in [-0.05, 0) is 26.8 Å². The lowest BCUT2D eigenvalue weighted by molar-refractivity contribution is -0.146. The van der Waals surface area contributed by atoms with Crippen LogP contribution in [0.15, 0.2) is 0 Å². The van der Waals surface area contributed by atoms with Gasteiger partial charge >= 0.3 is 0 Å². The topological polar surface area (TPSA) is 47.3 Å². The molecule has 2 fully saturated rings. The van der Waals surface area contributed by atoms with E-state index in [2.05, 4.69) is 17.9 Å². The number of amides is 1. The van der Waals surface area contributed by atoms with Crippen LogP contribution in [-0.2, 0) is 4.79 Å². The molecule has 2 aliphatic rings. The Morgan fingerprint density at radius 3 is 2.65 bits per heavy atom. The third-order valence-corrected chi connectivity index (χ3v) is 4.27. The summed E-state index contributed by atoms with van der Waals surface area (Å²) in [5.74, 6) is 0.166. The minimum absolute atomic E-state index is 0.166. The SMILES string of the molecule is CC1CN(C2CCCC2)C(=O)C(CC#N)N1C. The molecule has 2 atom stereocenters. The fourth-order valence-electron chi connectivity index (χ4n) is 3.04. The van der Waals surface area contributed by atoms with E-state index in [4.69, 9.17) is 5.26 Å². The highest BCUT2D eigenvalue weighted by molar-refractivity contribution is 5.83. The summed E-state index contributed by atoms with van der Waals surface area (Å²) in [4.78, 5) is 16.5. The van der Waals surface area contributed by atoms with Crippen LogP contribution in [0.2, 0.25) is 0 Å². The fourth-order valence-corrected chi connectivity index (χ4v) is 3.04. The molecule has 4 heteroatoms. The first kappa shape index (κ1) is 12.4. The van der Waals surface area contributed by atoms with Crippen LogP contribution in [0.5, 0.6) is 0 Å². The standard InChI is InChI=1S/C13H21N3O/c1-10-9-16(11-5-3-4-6-11)13(17)12(7-8-14)15(10)2/h10-12H,3-7,9H2,1-2H3. The van der Waals surface area contributed by atoms with Gasteiger partial charge in [0.05, 0.1) is 12.5 Å². The molecular formula is C13H21N3O. The maximum atomic E-state index is 12.4. The van der Waals surface area contributed by atoms with Gasteiger partial charge < -0.3 is 4.90 Å². The Balaban J connectivity index is 2.12. The zero-order valence-electron chi connectivity index (χ0n) is 10.7. The van der Waals surface area contributed by atoms with Crippen molar-refractivity contribution >= 4 is 5.91 Å². The summed E-state index contributed by atoms with van der Waals surface area (Å²) in [5.41, 5.74) is 0. The maximum absolute atomic E-state index is 12.4. The van der Waals surface area contributed by atoms with Gasteiger partial charge in [0.15, 0.2) is 0 Å². The van der Waals surface area contributed by atoms with E-state index in [-0.39, 0.29) is 11.9 Å². The van der Waals surface area contributed by atoms with Crippen LogP contribution < -0.4 is 0 Å². The van der Waals surface area contributed by atoms with E-state index in [1.807, 2.05) is 11.9 Å². The van der Waals surface area contributed by atoms with Crippen molar-refractivity contribution in [1.82, 2.24) is 9.80 Å². The highest BCUT2D eigenvalue weighted by Gasteiger charge is 2.39. The molecule has 1 aliphatic heterocycles. The Morgan fingerprint density at radius 2 is 2.06 bits per heavy atom. The van der Waals surface area contributed by atoms with Gasteiger partial charge in [-0.1, -0.05) is 12.8 Å². The number of hydrogen-bond donors (Lipinski definition) is 0. The third-order valence-electron chi connectivity index (χ3n) is 4.27. The van der Waals surface area contributed by atoms with E-state index in [1.54, 1.807) is 0 Å². The summed E-state index contributed by atoms with van der Waals surface area (Å²) >= 11 is 0. The van der Waals surface area contributed by atoms with E-state index in [0.717, 1.165) is 19.4 Å². The molecule has 0 aromatic heterocycles. The van der Waals surface area contributed by atoms with Crippen LogP contribution in [0.1, 0.15) is 39.0 Å². The van der Waals surface area contributed by atoms with Crippen molar-refractivity contribution in [3.8, 4) is 6.07 Å². The van der Waals surface area contributed by atoms with Gasteiger partial charge in [-0.25, -0.2) is 0 Å². The third kappa shape index (κ3) is 2.30. The normalized spacial score (nSPS) is 31.8. The minimum Gasteiger partial charge on any atom is -0.337 e. The number of carbonyl (C=O) groups excluding carboxylic acids is 1. The highest BCUT2D eigenvalue weighted by atomic mass is 16.2. The van der Waals surface area contributed by atoms with E-state index in [9.17, 15) is 4.79 Å². The fraction of sp³-hybridized carbons (Fsp3) is 0.846. The van der Waals surface area contributed by atoms with Crippen LogP contribution in [0.25, 0.3) is 0 Å². The predicted octanol–water partition coefficient (Wildman–Crippen LogP) is 1.37. The number of rotatable bonds is 2. The van der Waals surface area contributed by atoms with Crippen LogP contribution in [0.3, 0.4) is 0 Å². The first-order valence-electron chi connectivity index (χ1n) is 6.54. The minimum atomic E-state index is -0.232. The monoisotopic (exact) mass is 235 g/mol. The molecule has 2 unspecified atom stereocenters. The molecule has 17 heavy (non-hydrogen) atoms. The number of carbonyl (C=O) groups is 1. The second kappa shape index (κ2) is 5.05. The molecule has 0 aromatic rings. The van der Waals surface area contributed by atoms with Crippen molar-refractivity contribution in [2.45, 2.75) is 57.2 Å². The van der Waals surface area contributed by atoms with Gasteiger partial charge in [-0.3, -0.25) is 9.69 Å². The lowest BCUT2D eigenvalue weighted by atomic mass is 10.0. The van der Waals surface area contributed by atoms with E-state index < -0.39 is 0 Å². The molecule has 4 nitrogen and oxygen atoms in total. The average Bonchev–Trinajstić information content (AvgIpc) is 2.83. The van der Waals surface area contributed by atoms with E-state index in [1.165, 1.54) is 12.8 Å². The molecule has 0 radical (unpaired) electrons. The van der Waals surface area contributed by atoms with Crippen LogP contribution in [-0.4, -0.2) is 47.4 Å². The number of likely N-dealkylation sites (N-methyl/N-ethyl adjacent to an activating group) is 1. The van der Waals surface area contributed by atoms with Gasteiger partial charge in [0.25, 0.3) is 0 Å². The Labute approximate surface area is 103 Å². The molecule has 1 saturated carbocycles. The van der Waals surface area contributed by atoms with Crippen LogP contribution in [0.4, 0.5) is 0 Å². The summed E-state index contributed by atoms with van der Waals surface area (Å²) in [6.45, 7) is 2.96. The highest BCUT2D eigenvalue weighted by Crippen LogP contribution is 2.28. The predicted molar refractivity (Wildman–Crippen MR) is 65.2 cm³/mol. The van der Waals surface area contributed by atoms with E-state index >= 15 is 0 Å². The van der Waals surface area contributed by atoms with Crippen molar-refractivity contribution in [1.29, 1.82) is 5.26 Å². The molecule has 0 aromatic carbocycles. The lowest BCUT2D eigenvalue weighted by Crippen LogP contribution is -2.61. The smallest absolute Gasteiger partial charge is 0.241 e. The summed E-state index contributed by atoms with van der Waals surface area (Å²) in [7, 11) is 1.95. The Hall–Kier alpha value is -1.08. The number of nitrogens with zero attached hydrogens (tertiary/aromatic N) is 3. The Bertz CT molecular complexity index is 330. The first-order chi connectivity index (χ1) is 8.15. The maximum Gasteiger partial charge on any atom is 0.241 e. The van der Waals surface area contributed by atoms with Crippen molar-refractivity contribution in [2.75, 3.05) is 13.6 Å². The van der Waals surface area contributed by atoms with Crippen molar-refractivity contribution in [2.24, 2.45) is 0 Å². The molecule has 1 saturated heterocycles. The second-order valence-corrected chi connectivity index (χ2v) is 5.32. The molecule has 94 valence electrons. The van der Waals surface area contributed by atoms with Gasteiger partial charge in [0, 0.05) is 18.6 Å². The zero-order chi connectivity index (χ0) is 12.4. The largest absolute Gasteiger partial charge is 0.337 e. The van der Waals surface area contributed by atoms with Gasteiger partial charge in [-0.15, -0.1) is 0 Å². The zero-order valence-corrected chi connectivity index (χ0v) is 10.7. The van der Waals surface area contributed by atoms with Crippen molar-refractivity contribution in [3.05, 3.63) is 0 Å². The van der Waals surface area contributed by atoms with Crippen molar-refractivity contribution in [3.63, 3.8) is 0 Å². The van der Waals surface area contributed by atoms with Gasteiger partial charge in [-0.2, -0.15) is 5.26 Å². The summed E-state index contributed by atoms with van der Waals surface area (Å²) in [5, 5.41) is 8.84. The number of hydrogen-bond acceptors (Lipinski definition) is 3. The molecule has 1 heterocycles. The van der Waals surface area contributed by atoms with Gasteiger partial charge in [0.2, 0.25) is 5.91 Å². The molecule has 2 rings (SSSR count). The lowest BCUT2D eigenvalue weighted by Gasteiger charge is -2.44. The summed E-state index contributed by atoms with van der Waals surface area (Å²) < 4.78 is 0. The van der Waals surface area contributed by atoms with Crippen LogP contribution >= 0.6 is 0 Å². The molecule has 0 N–H and O–H groups in total. The number of nitriles is 1. The van der Waals surface area contributed by atoms with Crippen molar-refractivity contribution < 1.29 is 4.79 Å². The van der Waals surface area contributed by atoms with E-state index in [0.29, 0.717) is 18.5 Å². The Morgan fingerprint density at radius 1 is 1.41 bits per heavy atom. The Kier molecular flexibility index (Phi) is 3.68. The summed E-state index contributed by atoms with van der Waals surface area (Å²) in [6, 6.07) is 2.69. The average molecular weight is 235 g/mol. The first-order valence-corrected chi connectivity index (χ1v) is 6.54. The molecule has 1 amide bonds. The second-order valence-electron chi connectivity index (χ2n) is 5.32. The van der Waals surface area contributed by atoms with Gasteiger partial charge in [0.1, 0.15) is 6.04 Å². The molecule has 1 aliphatic carbocycles.